The van der Waals surface area contributed by atoms with E-state index in [1.807, 2.05) is 36.4 Å². The van der Waals surface area contributed by atoms with Crippen LogP contribution in [0.25, 0.3) is 10.9 Å². The first-order chi connectivity index (χ1) is 8.69. The maximum atomic E-state index is 11.1. The number of methoxy groups -OCH3 is 1. The van der Waals surface area contributed by atoms with E-state index < -0.39 is 0 Å². The van der Waals surface area contributed by atoms with Gasteiger partial charge in [0.15, 0.2) is 0 Å². The monoisotopic (exact) mass is 244 g/mol. The number of carbonyl (C=O) groups is 1. The van der Waals surface area contributed by atoms with E-state index in [-0.39, 0.29) is 18.4 Å². The number of nitrogens with two attached hydrogens (primary N) is 1. The molecule has 18 heavy (non-hydrogen) atoms. The van der Waals surface area contributed by atoms with E-state index in [1.54, 1.807) is 0 Å². The number of para-hydroxylation sites is 1. The van der Waals surface area contributed by atoms with Crippen molar-refractivity contribution in [2.75, 3.05) is 7.11 Å². The highest BCUT2D eigenvalue weighted by atomic mass is 16.5. The minimum atomic E-state index is -0.289. The number of hydrogen-bond acceptors (Lipinski definition) is 4. The highest BCUT2D eigenvalue weighted by Gasteiger charge is 2.11. The lowest BCUT2D eigenvalue weighted by Crippen LogP contribution is -2.27. The van der Waals surface area contributed by atoms with E-state index in [0.717, 1.165) is 16.6 Å². The van der Waals surface area contributed by atoms with Crippen molar-refractivity contribution >= 4 is 16.9 Å². The molecule has 1 aromatic carbocycles. The molecule has 1 heterocycles. The fourth-order valence-corrected chi connectivity index (χ4v) is 1.86. The molecule has 94 valence electrons. The van der Waals surface area contributed by atoms with Gasteiger partial charge in [-0.2, -0.15) is 0 Å². The molecule has 0 spiro atoms. The van der Waals surface area contributed by atoms with Crippen LogP contribution in [0.3, 0.4) is 0 Å². The predicted molar refractivity (Wildman–Crippen MR) is 70.1 cm³/mol. The topological polar surface area (TPSA) is 65.2 Å². The number of ether oxygens (including phenoxy) is 1. The van der Waals surface area contributed by atoms with Crippen LogP contribution in [0, 0.1) is 0 Å². The molecule has 1 aromatic heterocycles. The Morgan fingerprint density at radius 1 is 1.33 bits per heavy atom. The fourth-order valence-electron chi connectivity index (χ4n) is 1.86. The zero-order valence-corrected chi connectivity index (χ0v) is 10.3. The van der Waals surface area contributed by atoms with Gasteiger partial charge in [-0.1, -0.05) is 24.3 Å². The van der Waals surface area contributed by atoms with E-state index in [4.69, 9.17) is 5.73 Å². The number of carbonyl (C=O) groups excluding carboxylic acids is 1. The van der Waals surface area contributed by atoms with Crippen molar-refractivity contribution in [2.45, 2.75) is 18.9 Å². The summed E-state index contributed by atoms with van der Waals surface area (Å²) in [5.41, 5.74) is 7.72. The van der Waals surface area contributed by atoms with Crippen molar-refractivity contribution in [3.8, 4) is 0 Å². The Balaban J connectivity index is 2.09. The van der Waals surface area contributed by atoms with Gasteiger partial charge in [0.25, 0.3) is 0 Å². The van der Waals surface area contributed by atoms with Crippen LogP contribution >= 0.6 is 0 Å². The van der Waals surface area contributed by atoms with Crippen molar-refractivity contribution in [1.82, 2.24) is 4.98 Å². The van der Waals surface area contributed by atoms with E-state index in [1.165, 1.54) is 7.11 Å². The summed E-state index contributed by atoms with van der Waals surface area (Å²) in [7, 11) is 1.36. The molecule has 0 saturated carbocycles. The van der Waals surface area contributed by atoms with Crippen LogP contribution in [0.15, 0.2) is 36.4 Å². The van der Waals surface area contributed by atoms with E-state index >= 15 is 0 Å². The first kappa shape index (κ1) is 12.5. The molecule has 0 aliphatic carbocycles. The second-order valence-corrected chi connectivity index (χ2v) is 4.24. The van der Waals surface area contributed by atoms with Gasteiger partial charge in [-0.25, -0.2) is 0 Å². The third kappa shape index (κ3) is 3.05. The Morgan fingerprint density at radius 2 is 2.11 bits per heavy atom. The lowest BCUT2D eigenvalue weighted by Gasteiger charge is -2.10. The summed E-state index contributed by atoms with van der Waals surface area (Å²) >= 11 is 0. The zero-order chi connectivity index (χ0) is 13.0. The molecule has 1 unspecified atom stereocenters. The molecule has 0 saturated heterocycles. The molecule has 0 aliphatic rings. The summed E-state index contributed by atoms with van der Waals surface area (Å²) in [5, 5.41) is 1.10. The van der Waals surface area contributed by atoms with Gasteiger partial charge in [-0.15, -0.1) is 0 Å². The molecule has 0 bridgehead atoms. The van der Waals surface area contributed by atoms with Crippen LogP contribution < -0.4 is 5.73 Å². The number of aromatic nitrogens is 1. The van der Waals surface area contributed by atoms with Crippen LogP contribution in [0.4, 0.5) is 0 Å². The molecular weight excluding hydrogens is 228 g/mol. The lowest BCUT2D eigenvalue weighted by molar-refractivity contribution is -0.140. The van der Waals surface area contributed by atoms with Gasteiger partial charge in [0.2, 0.25) is 0 Å². The van der Waals surface area contributed by atoms with Gasteiger partial charge in [-0.3, -0.25) is 9.78 Å². The fraction of sp³-hybridized carbons (Fsp3) is 0.286. The molecular formula is C14H16N2O2. The number of benzene rings is 1. The molecule has 4 nitrogen and oxygen atoms in total. The SMILES string of the molecule is COC(=O)CC(N)Cc1ccc2ccccc2n1. The molecule has 0 aliphatic heterocycles. The van der Waals surface area contributed by atoms with Gasteiger partial charge >= 0.3 is 5.97 Å². The van der Waals surface area contributed by atoms with E-state index in [2.05, 4.69) is 9.72 Å². The van der Waals surface area contributed by atoms with Crippen molar-refractivity contribution in [2.24, 2.45) is 5.73 Å². The van der Waals surface area contributed by atoms with Gasteiger partial charge in [0.1, 0.15) is 0 Å². The third-order valence-electron chi connectivity index (χ3n) is 2.78. The van der Waals surface area contributed by atoms with Crippen molar-refractivity contribution < 1.29 is 9.53 Å². The standard InChI is InChI=1S/C14H16N2O2/c1-18-14(17)9-11(15)8-12-7-6-10-4-2-3-5-13(10)16-12/h2-7,11H,8-9,15H2,1H3. The number of nitrogens with zero attached hydrogens (tertiary/aromatic N) is 1. The summed E-state index contributed by atoms with van der Waals surface area (Å²) in [6, 6.07) is 11.6. The molecule has 1 atom stereocenters. The number of fused-ring (bicyclic) bond motifs is 1. The average Bonchev–Trinajstić information content (AvgIpc) is 2.38. The van der Waals surface area contributed by atoms with E-state index in [0.29, 0.717) is 6.42 Å². The third-order valence-corrected chi connectivity index (χ3v) is 2.78. The van der Waals surface area contributed by atoms with Crippen molar-refractivity contribution in [1.29, 1.82) is 0 Å². The van der Waals surface area contributed by atoms with Crippen LogP contribution in [-0.4, -0.2) is 24.1 Å². The van der Waals surface area contributed by atoms with Gasteiger partial charge in [-0.05, 0) is 12.1 Å². The summed E-state index contributed by atoms with van der Waals surface area (Å²) in [5.74, 6) is -0.289. The molecule has 2 aromatic rings. The summed E-state index contributed by atoms with van der Waals surface area (Å²) in [4.78, 5) is 15.6. The highest BCUT2D eigenvalue weighted by molar-refractivity contribution is 5.78. The highest BCUT2D eigenvalue weighted by Crippen LogP contribution is 2.13. The maximum Gasteiger partial charge on any atom is 0.307 e. The number of pyridine rings is 1. The summed E-state index contributed by atoms with van der Waals surface area (Å²) < 4.78 is 4.59. The normalized spacial score (nSPS) is 12.3. The van der Waals surface area contributed by atoms with Crippen LogP contribution in [0.2, 0.25) is 0 Å². The largest absolute Gasteiger partial charge is 0.469 e. The van der Waals surface area contributed by atoms with Gasteiger partial charge in [0.05, 0.1) is 19.0 Å². The number of hydrogen-bond donors (Lipinski definition) is 1. The molecule has 4 heteroatoms. The van der Waals surface area contributed by atoms with Crippen molar-refractivity contribution in [3.63, 3.8) is 0 Å². The minimum Gasteiger partial charge on any atom is -0.469 e. The number of rotatable bonds is 4. The van der Waals surface area contributed by atoms with Crippen LogP contribution in [0.5, 0.6) is 0 Å². The van der Waals surface area contributed by atoms with Gasteiger partial charge < -0.3 is 10.5 Å². The summed E-state index contributed by atoms with van der Waals surface area (Å²) in [6.45, 7) is 0. The molecule has 0 radical (unpaired) electrons. The smallest absolute Gasteiger partial charge is 0.307 e. The van der Waals surface area contributed by atoms with Crippen molar-refractivity contribution in [3.05, 3.63) is 42.1 Å². The minimum absolute atomic E-state index is 0.213. The predicted octanol–water partition coefficient (Wildman–Crippen LogP) is 1.67. The second kappa shape index (κ2) is 5.60. The van der Waals surface area contributed by atoms with Crippen LogP contribution in [0.1, 0.15) is 12.1 Å². The zero-order valence-electron chi connectivity index (χ0n) is 10.3. The van der Waals surface area contributed by atoms with Crippen LogP contribution in [-0.2, 0) is 16.0 Å². The molecule has 0 fully saturated rings. The Hall–Kier alpha value is -1.94. The average molecular weight is 244 g/mol. The Kier molecular flexibility index (Phi) is 3.89. The molecule has 0 amide bonds. The molecule has 2 N–H and O–H groups in total. The lowest BCUT2D eigenvalue weighted by atomic mass is 10.1. The summed E-state index contributed by atoms with van der Waals surface area (Å²) in [6.07, 6.45) is 0.783. The number of esters is 1. The second-order valence-electron chi connectivity index (χ2n) is 4.24. The maximum absolute atomic E-state index is 11.1. The van der Waals surface area contributed by atoms with Gasteiger partial charge in [0, 0.05) is 23.5 Å². The van der Waals surface area contributed by atoms with E-state index in [9.17, 15) is 4.79 Å². The molecule has 2 rings (SSSR count). The first-order valence-corrected chi connectivity index (χ1v) is 5.86. The quantitative estimate of drug-likeness (QED) is 0.831. The Morgan fingerprint density at radius 3 is 2.89 bits per heavy atom. The Labute approximate surface area is 106 Å². The first-order valence-electron chi connectivity index (χ1n) is 5.86. The Bertz CT molecular complexity index is 554.